The number of likely N-dealkylation sites (N-methyl/N-ethyl adjacent to an activating group) is 1. The quantitative estimate of drug-likeness (QED) is 0.750. The largest absolute Gasteiger partial charge is 0.362 e. The van der Waals surface area contributed by atoms with Crippen molar-refractivity contribution in [3.05, 3.63) is 65.7 Å². The number of amides is 1. The number of halogens is 2. The summed E-state index contributed by atoms with van der Waals surface area (Å²) in [7, 11) is 0. The number of hydrogen-bond donors (Lipinski definition) is 1. The summed E-state index contributed by atoms with van der Waals surface area (Å²) in [4.78, 5) is 13.7. The SMILES string of the molecule is CCN(CC(=O)NCCCc1ccccc1)c1ccc(F)c(F)c1. The fourth-order valence-electron chi connectivity index (χ4n) is 2.46. The summed E-state index contributed by atoms with van der Waals surface area (Å²) in [5.74, 6) is -1.93. The number of benzene rings is 2. The standard InChI is InChI=1S/C19H22F2N2O/c1-2-23(16-10-11-17(20)18(21)13-16)14-19(24)22-12-6-9-15-7-4-3-5-8-15/h3-5,7-8,10-11,13H,2,6,9,12,14H2,1H3,(H,22,24). The lowest BCUT2D eigenvalue weighted by molar-refractivity contribution is -0.119. The van der Waals surface area contributed by atoms with Crippen molar-refractivity contribution >= 4 is 11.6 Å². The molecule has 0 aliphatic heterocycles. The van der Waals surface area contributed by atoms with E-state index < -0.39 is 11.6 Å². The molecule has 2 aromatic carbocycles. The maximum atomic E-state index is 13.3. The molecular formula is C19H22F2N2O. The summed E-state index contributed by atoms with van der Waals surface area (Å²) in [6.07, 6.45) is 1.76. The minimum Gasteiger partial charge on any atom is -0.362 e. The normalized spacial score (nSPS) is 10.5. The van der Waals surface area contributed by atoms with Crippen LogP contribution in [0.3, 0.4) is 0 Å². The fourth-order valence-corrected chi connectivity index (χ4v) is 2.46. The van der Waals surface area contributed by atoms with E-state index in [1.54, 1.807) is 4.90 Å². The lowest BCUT2D eigenvalue weighted by atomic mass is 10.1. The molecule has 0 heterocycles. The van der Waals surface area contributed by atoms with Crippen LogP contribution in [0.4, 0.5) is 14.5 Å². The second kappa shape index (κ2) is 9.01. The number of nitrogens with one attached hydrogen (secondary N) is 1. The molecule has 0 spiro atoms. The van der Waals surface area contributed by atoms with Gasteiger partial charge in [0.2, 0.25) is 5.91 Å². The molecule has 0 aliphatic carbocycles. The molecule has 0 atom stereocenters. The highest BCUT2D eigenvalue weighted by molar-refractivity contribution is 5.81. The van der Waals surface area contributed by atoms with E-state index in [0.717, 1.165) is 25.0 Å². The molecule has 5 heteroatoms. The summed E-state index contributed by atoms with van der Waals surface area (Å²) >= 11 is 0. The maximum absolute atomic E-state index is 13.3. The van der Waals surface area contributed by atoms with Crippen molar-refractivity contribution < 1.29 is 13.6 Å². The Balaban J connectivity index is 1.78. The Morgan fingerprint density at radius 1 is 1.08 bits per heavy atom. The lowest BCUT2D eigenvalue weighted by Crippen LogP contribution is -2.37. The van der Waals surface area contributed by atoms with Gasteiger partial charge in [-0.1, -0.05) is 30.3 Å². The lowest BCUT2D eigenvalue weighted by Gasteiger charge is -2.22. The van der Waals surface area contributed by atoms with Gasteiger partial charge in [-0.25, -0.2) is 8.78 Å². The van der Waals surface area contributed by atoms with Crippen molar-refractivity contribution in [1.82, 2.24) is 5.32 Å². The van der Waals surface area contributed by atoms with Crippen molar-refractivity contribution in [3.8, 4) is 0 Å². The number of hydrogen-bond acceptors (Lipinski definition) is 2. The molecule has 0 fully saturated rings. The molecule has 0 saturated carbocycles. The Morgan fingerprint density at radius 2 is 1.83 bits per heavy atom. The van der Waals surface area contributed by atoms with Crippen LogP contribution in [0.15, 0.2) is 48.5 Å². The first-order chi connectivity index (χ1) is 11.6. The van der Waals surface area contributed by atoms with E-state index in [1.165, 1.54) is 11.6 Å². The highest BCUT2D eigenvalue weighted by atomic mass is 19.2. The average Bonchev–Trinajstić information content (AvgIpc) is 2.60. The second-order valence-electron chi connectivity index (χ2n) is 5.55. The number of nitrogens with zero attached hydrogens (tertiary/aromatic N) is 1. The van der Waals surface area contributed by atoms with Crippen LogP contribution in [-0.2, 0) is 11.2 Å². The first kappa shape index (κ1) is 17.9. The molecule has 0 radical (unpaired) electrons. The van der Waals surface area contributed by atoms with E-state index in [4.69, 9.17) is 0 Å². The van der Waals surface area contributed by atoms with Gasteiger partial charge in [0.05, 0.1) is 6.54 Å². The van der Waals surface area contributed by atoms with Gasteiger partial charge < -0.3 is 10.2 Å². The van der Waals surface area contributed by atoms with Crippen LogP contribution in [-0.4, -0.2) is 25.5 Å². The molecule has 128 valence electrons. The van der Waals surface area contributed by atoms with Crippen molar-refractivity contribution in [3.63, 3.8) is 0 Å². The highest BCUT2D eigenvalue weighted by Crippen LogP contribution is 2.17. The molecule has 0 bridgehead atoms. The van der Waals surface area contributed by atoms with Gasteiger partial charge in [0.25, 0.3) is 0 Å². The van der Waals surface area contributed by atoms with Crippen LogP contribution < -0.4 is 10.2 Å². The molecule has 0 unspecified atom stereocenters. The van der Waals surface area contributed by atoms with Gasteiger partial charge in [-0.15, -0.1) is 0 Å². The molecule has 24 heavy (non-hydrogen) atoms. The van der Waals surface area contributed by atoms with E-state index in [0.29, 0.717) is 18.8 Å². The zero-order valence-electron chi connectivity index (χ0n) is 13.8. The molecule has 2 aromatic rings. The number of anilines is 1. The van der Waals surface area contributed by atoms with E-state index in [9.17, 15) is 13.6 Å². The second-order valence-corrected chi connectivity index (χ2v) is 5.55. The monoisotopic (exact) mass is 332 g/mol. The van der Waals surface area contributed by atoms with E-state index in [1.807, 2.05) is 25.1 Å². The van der Waals surface area contributed by atoms with E-state index in [-0.39, 0.29) is 12.5 Å². The molecule has 0 aliphatic rings. The zero-order valence-corrected chi connectivity index (χ0v) is 13.8. The van der Waals surface area contributed by atoms with Crippen LogP contribution in [0.1, 0.15) is 18.9 Å². The maximum Gasteiger partial charge on any atom is 0.239 e. The smallest absolute Gasteiger partial charge is 0.239 e. The Hall–Kier alpha value is -2.43. The molecule has 1 amide bonds. The number of aryl methyl sites for hydroxylation is 1. The molecule has 0 saturated heterocycles. The van der Waals surface area contributed by atoms with Crippen molar-refractivity contribution in [2.75, 3.05) is 24.5 Å². The van der Waals surface area contributed by atoms with Gasteiger partial charge in [-0.3, -0.25) is 4.79 Å². The van der Waals surface area contributed by atoms with Gasteiger partial charge in [0, 0.05) is 24.8 Å². The molecule has 2 rings (SSSR count). The van der Waals surface area contributed by atoms with Crippen molar-refractivity contribution in [1.29, 1.82) is 0 Å². The Kier molecular flexibility index (Phi) is 6.73. The number of carbonyl (C=O) groups excluding carboxylic acids is 1. The highest BCUT2D eigenvalue weighted by Gasteiger charge is 2.12. The summed E-state index contributed by atoms with van der Waals surface area (Å²) in [5, 5.41) is 2.87. The van der Waals surface area contributed by atoms with Crippen LogP contribution in [0.2, 0.25) is 0 Å². The van der Waals surface area contributed by atoms with Gasteiger partial charge in [0.1, 0.15) is 0 Å². The first-order valence-electron chi connectivity index (χ1n) is 8.10. The number of carbonyl (C=O) groups is 1. The summed E-state index contributed by atoms with van der Waals surface area (Å²) in [5.41, 5.74) is 1.74. The predicted octanol–water partition coefficient (Wildman–Crippen LogP) is 3.54. The van der Waals surface area contributed by atoms with Crippen LogP contribution in [0, 0.1) is 11.6 Å². The van der Waals surface area contributed by atoms with Crippen LogP contribution >= 0.6 is 0 Å². The molecule has 1 N–H and O–H groups in total. The van der Waals surface area contributed by atoms with Gasteiger partial charge in [-0.05, 0) is 37.5 Å². The van der Waals surface area contributed by atoms with Gasteiger partial charge >= 0.3 is 0 Å². The molecule has 0 aromatic heterocycles. The predicted molar refractivity (Wildman–Crippen MR) is 92.0 cm³/mol. The molecule has 3 nitrogen and oxygen atoms in total. The Labute approximate surface area is 141 Å². The Morgan fingerprint density at radius 3 is 2.50 bits per heavy atom. The average molecular weight is 332 g/mol. The summed E-state index contributed by atoms with van der Waals surface area (Å²) in [6, 6.07) is 13.7. The third-order valence-electron chi connectivity index (χ3n) is 3.79. The van der Waals surface area contributed by atoms with Gasteiger partial charge in [0.15, 0.2) is 11.6 Å². The molecular weight excluding hydrogens is 310 g/mol. The third kappa shape index (κ3) is 5.33. The van der Waals surface area contributed by atoms with Crippen LogP contribution in [0.5, 0.6) is 0 Å². The number of rotatable bonds is 8. The summed E-state index contributed by atoms with van der Waals surface area (Å²) < 4.78 is 26.3. The van der Waals surface area contributed by atoms with E-state index >= 15 is 0 Å². The van der Waals surface area contributed by atoms with E-state index in [2.05, 4.69) is 17.4 Å². The zero-order chi connectivity index (χ0) is 17.4. The topological polar surface area (TPSA) is 32.3 Å². The van der Waals surface area contributed by atoms with Gasteiger partial charge in [-0.2, -0.15) is 0 Å². The minimum atomic E-state index is -0.908. The Bertz CT molecular complexity index is 662. The first-order valence-corrected chi connectivity index (χ1v) is 8.10. The summed E-state index contributed by atoms with van der Waals surface area (Å²) in [6.45, 7) is 3.10. The van der Waals surface area contributed by atoms with Crippen LogP contribution in [0.25, 0.3) is 0 Å². The van der Waals surface area contributed by atoms with Crippen molar-refractivity contribution in [2.45, 2.75) is 19.8 Å². The third-order valence-corrected chi connectivity index (χ3v) is 3.79. The fraction of sp³-hybridized carbons (Fsp3) is 0.316. The minimum absolute atomic E-state index is 0.118. The van der Waals surface area contributed by atoms with Crippen molar-refractivity contribution in [2.24, 2.45) is 0 Å².